The topological polar surface area (TPSA) is 96.3 Å². The van der Waals surface area contributed by atoms with E-state index >= 15 is 0 Å². The lowest BCUT2D eigenvalue weighted by atomic mass is 10.1. The number of methoxy groups -OCH3 is 1. The maximum Gasteiger partial charge on any atom is 0.414 e. The van der Waals surface area contributed by atoms with Crippen LogP contribution in [0.25, 0.3) is 0 Å². The van der Waals surface area contributed by atoms with Gasteiger partial charge in [-0.05, 0) is 49.5 Å². The van der Waals surface area contributed by atoms with E-state index in [2.05, 4.69) is 55.1 Å². The third-order valence-electron chi connectivity index (χ3n) is 4.72. The number of para-hydroxylation sites is 1. The first-order valence-electron chi connectivity index (χ1n) is 10.9. The van der Waals surface area contributed by atoms with Gasteiger partial charge in [0.2, 0.25) is 0 Å². The average Bonchev–Trinajstić information content (AvgIpc) is 2.79. The van der Waals surface area contributed by atoms with Crippen molar-refractivity contribution >= 4 is 11.9 Å². The Hall–Kier alpha value is -3.06. The molecule has 0 unspecified atom stereocenters. The summed E-state index contributed by atoms with van der Waals surface area (Å²) in [5.41, 5.74) is 2.52. The zero-order valence-electron chi connectivity index (χ0n) is 19.3. The summed E-state index contributed by atoms with van der Waals surface area (Å²) in [4.78, 5) is 20.7. The molecule has 32 heavy (non-hydrogen) atoms. The van der Waals surface area contributed by atoms with Gasteiger partial charge >= 0.3 is 11.9 Å². The number of aliphatic carboxylic acids is 2. The van der Waals surface area contributed by atoms with Crippen LogP contribution in [0, 0.1) is 0 Å². The molecule has 0 aliphatic rings. The van der Waals surface area contributed by atoms with Crippen molar-refractivity contribution in [2.75, 3.05) is 33.4 Å². The van der Waals surface area contributed by atoms with Crippen molar-refractivity contribution in [2.45, 2.75) is 39.5 Å². The molecule has 0 spiro atoms. The second kappa shape index (κ2) is 15.7. The van der Waals surface area contributed by atoms with Crippen molar-refractivity contribution in [1.29, 1.82) is 0 Å². The highest BCUT2D eigenvalue weighted by atomic mass is 16.5. The summed E-state index contributed by atoms with van der Waals surface area (Å²) in [5, 5.41) is 14.8. The highest BCUT2D eigenvalue weighted by Gasteiger charge is 2.12. The Bertz CT molecular complexity index is 791. The fourth-order valence-electron chi connectivity index (χ4n) is 3.24. The first-order valence-corrected chi connectivity index (χ1v) is 10.9. The standard InChI is InChI=1S/C23H33NO2.C2H2O4/c1-4-16-24(17-5-2)18-14-21-12-9-13-22(25-3)23(21)26-19-15-20-10-7-6-8-11-20;3-1(4)2(5)6/h6-13H,4-5,14-19H2,1-3H3;(H,3,4)(H,5,6). The SMILES string of the molecule is CCCN(CCC)CCc1cccc(OC)c1OCCc1ccccc1.O=C(O)C(=O)O. The number of ether oxygens (including phenoxy) is 2. The van der Waals surface area contributed by atoms with E-state index in [0.717, 1.165) is 44.0 Å². The molecular weight excluding hydrogens is 410 g/mol. The Balaban J connectivity index is 0.000000751. The Labute approximate surface area is 190 Å². The maximum absolute atomic E-state index is 9.10. The van der Waals surface area contributed by atoms with Crippen LogP contribution in [0.2, 0.25) is 0 Å². The molecule has 0 radical (unpaired) electrons. The molecule has 0 heterocycles. The van der Waals surface area contributed by atoms with Crippen LogP contribution in [0.3, 0.4) is 0 Å². The fraction of sp³-hybridized carbons (Fsp3) is 0.440. The fourth-order valence-corrected chi connectivity index (χ4v) is 3.24. The monoisotopic (exact) mass is 445 g/mol. The largest absolute Gasteiger partial charge is 0.493 e. The molecule has 7 heteroatoms. The van der Waals surface area contributed by atoms with E-state index in [0.29, 0.717) is 6.61 Å². The normalized spacial score (nSPS) is 10.2. The number of hydrogen-bond acceptors (Lipinski definition) is 5. The van der Waals surface area contributed by atoms with Crippen molar-refractivity contribution < 1.29 is 29.3 Å². The first kappa shape index (κ1) is 27.0. The van der Waals surface area contributed by atoms with Gasteiger partial charge in [0.1, 0.15) is 0 Å². The van der Waals surface area contributed by atoms with E-state index in [1.165, 1.54) is 24.0 Å². The van der Waals surface area contributed by atoms with Gasteiger partial charge in [0.05, 0.1) is 13.7 Å². The lowest BCUT2D eigenvalue weighted by molar-refractivity contribution is -0.159. The number of hydrogen-bond donors (Lipinski definition) is 2. The molecule has 0 bridgehead atoms. The Morgan fingerprint density at radius 3 is 2.00 bits per heavy atom. The summed E-state index contributed by atoms with van der Waals surface area (Å²) in [7, 11) is 1.71. The van der Waals surface area contributed by atoms with Crippen molar-refractivity contribution in [2.24, 2.45) is 0 Å². The van der Waals surface area contributed by atoms with Gasteiger partial charge in [0, 0.05) is 13.0 Å². The molecule has 2 N–H and O–H groups in total. The minimum absolute atomic E-state index is 0.658. The zero-order valence-corrected chi connectivity index (χ0v) is 19.3. The van der Waals surface area contributed by atoms with Crippen molar-refractivity contribution in [3.05, 3.63) is 59.7 Å². The van der Waals surface area contributed by atoms with Gasteiger partial charge in [0.25, 0.3) is 0 Å². The van der Waals surface area contributed by atoms with Gasteiger partial charge in [0.15, 0.2) is 11.5 Å². The van der Waals surface area contributed by atoms with Crippen LogP contribution in [-0.2, 0) is 22.4 Å². The molecule has 0 fully saturated rings. The molecule has 2 aromatic rings. The molecule has 0 aliphatic heterocycles. The van der Waals surface area contributed by atoms with Crippen molar-refractivity contribution in [3.63, 3.8) is 0 Å². The number of carboxylic acids is 2. The van der Waals surface area contributed by atoms with Gasteiger partial charge in [-0.2, -0.15) is 0 Å². The minimum atomic E-state index is -1.82. The summed E-state index contributed by atoms with van der Waals surface area (Å²) < 4.78 is 11.7. The average molecular weight is 446 g/mol. The predicted octanol–water partition coefficient (Wildman–Crippen LogP) is 4.14. The van der Waals surface area contributed by atoms with Crippen LogP contribution in [0.5, 0.6) is 11.5 Å². The lowest BCUT2D eigenvalue weighted by Crippen LogP contribution is -2.27. The van der Waals surface area contributed by atoms with Gasteiger partial charge in [-0.1, -0.05) is 56.3 Å². The maximum atomic E-state index is 9.10. The quantitative estimate of drug-likeness (QED) is 0.474. The van der Waals surface area contributed by atoms with E-state index in [4.69, 9.17) is 29.3 Å². The molecule has 0 aromatic heterocycles. The van der Waals surface area contributed by atoms with E-state index in [1.54, 1.807) is 7.11 Å². The van der Waals surface area contributed by atoms with Gasteiger partial charge < -0.3 is 24.6 Å². The Morgan fingerprint density at radius 1 is 0.844 bits per heavy atom. The number of carbonyl (C=O) groups is 2. The smallest absolute Gasteiger partial charge is 0.414 e. The summed E-state index contributed by atoms with van der Waals surface area (Å²) >= 11 is 0. The van der Waals surface area contributed by atoms with Crippen LogP contribution in [0.1, 0.15) is 37.8 Å². The zero-order chi connectivity index (χ0) is 23.8. The van der Waals surface area contributed by atoms with Crippen molar-refractivity contribution in [1.82, 2.24) is 4.90 Å². The van der Waals surface area contributed by atoms with Gasteiger partial charge in [-0.25, -0.2) is 9.59 Å². The summed E-state index contributed by atoms with van der Waals surface area (Å²) in [6, 6.07) is 16.7. The summed E-state index contributed by atoms with van der Waals surface area (Å²) in [6.07, 6.45) is 4.27. The molecular formula is C25H35NO6. The van der Waals surface area contributed by atoms with Crippen LogP contribution in [0.4, 0.5) is 0 Å². The van der Waals surface area contributed by atoms with Crippen molar-refractivity contribution in [3.8, 4) is 11.5 Å². The van der Waals surface area contributed by atoms with E-state index < -0.39 is 11.9 Å². The third-order valence-corrected chi connectivity index (χ3v) is 4.72. The first-order chi connectivity index (χ1) is 15.4. The number of benzene rings is 2. The van der Waals surface area contributed by atoms with Gasteiger partial charge in [-0.15, -0.1) is 0 Å². The molecule has 2 rings (SSSR count). The molecule has 0 saturated carbocycles. The molecule has 0 saturated heterocycles. The van der Waals surface area contributed by atoms with Gasteiger partial charge in [-0.3, -0.25) is 0 Å². The molecule has 2 aromatic carbocycles. The molecule has 0 aliphatic carbocycles. The van der Waals surface area contributed by atoms with Crippen LogP contribution in [0.15, 0.2) is 48.5 Å². The Morgan fingerprint density at radius 2 is 1.47 bits per heavy atom. The minimum Gasteiger partial charge on any atom is -0.493 e. The van der Waals surface area contributed by atoms with Crippen LogP contribution >= 0.6 is 0 Å². The number of carboxylic acid groups (broad SMARTS) is 2. The van der Waals surface area contributed by atoms with E-state index in [9.17, 15) is 0 Å². The summed E-state index contributed by atoms with van der Waals surface area (Å²) in [5.74, 6) is -1.92. The number of rotatable bonds is 12. The molecule has 7 nitrogen and oxygen atoms in total. The van der Waals surface area contributed by atoms with E-state index in [-0.39, 0.29) is 0 Å². The molecule has 0 atom stereocenters. The highest BCUT2D eigenvalue weighted by molar-refractivity contribution is 6.27. The lowest BCUT2D eigenvalue weighted by Gasteiger charge is -2.22. The Kier molecular flexibility index (Phi) is 13.2. The second-order valence-corrected chi connectivity index (χ2v) is 7.23. The second-order valence-electron chi connectivity index (χ2n) is 7.23. The predicted molar refractivity (Wildman–Crippen MR) is 125 cm³/mol. The molecule has 176 valence electrons. The number of nitrogens with zero attached hydrogens (tertiary/aromatic N) is 1. The molecule has 0 amide bonds. The van der Waals surface area contributed by atoms with Crippen LogP contribution < -0.4 is 9.47 Å². The van der Waals surface area contributed by atoms with Crippen LogP contribution in [-0.4, -0.2) is 60.4 Å². The van der Waals surface area contributed by atoms with E-state index in [1.807, 2.05) is 12.1 Å². The summed E-state index contributed by atoms with van der Waals surface area (Å²) in [6.45, 7) is 8.51. The third kappa shape index (κ3) is 10.3. The highest BCUT2D eigenvalue weighted by Crippen LogP contribution is 2.31.